The molecular formula is C19H32N4O2. The molecule has 140 valence electrons. The van der Waals surface area contributed by atoms with Gasteiger partial charge in [-0.2, -0.15) is 0 Å². The SMILES string of the molecule is CCCN(CCC)c1cc(NC)nc(C(=O)CCN2CCOCC2)c1. The number of Topliss-reactive ketones (excluding diaryl/α,β-unsaturated/α-hetero) is 1. The monoisotopic (exact) mass is 348 g/mol. The number of hydrogen-bond donors (Lipinski definition) is 1. The van der Waals surface area contributed by atoms with E-state index in [0.717, 1.165) is 70.3 Å². The first-order valence-electron chi connectivity index (χ1n) is 9.46. The molecule has 1 N–H and O–H groups in total. The lowest BCUT2D eigenvalue weighted by Gasteiger charge is -2.26. The molecule has 6 heteroatoms. The molecule has 1 fully saturated rings. The Morgan fingerprint density at radius 1 is 1.24 bits per heavy atom. The van der Waals surface area contributed by atoms with E-state index in [-0.39, 0.29) is 5.78 Å². The van der Waals surface area contributed by atoms with Crippen LogP contribution in [-0.4, -0.2) is 68.7 Å². The number of carbonyl (C=O) groups excluding carboxylic acids is 1. The minimum atomic E-state index is 0.109. The Morgan fingerprint density at radius 3 is 2.52 bits per heavy atom. The van der Waals surface area contributed by atoms with Crippen molar-refractivity contribution >= 4 is 17.3 Å². The van der Waals surface area contributed by atoms with Crippen LogP contribution in [0.3, 0.4) is 0 Å². The molecule has 1 saturated heterocycles. The summed E-state index contributed by atoms with van der Waals surface area (Å²) in [5.74, 6) is 0.863. The summed E-state index contributed by atoms with van der Waals surface area (Å²) in [7, 11) is 1.85. The number of morpholine rings is 1. The number of ketones is 1. The lowest BCUT2D eigenvalue weighted by atomic mass is 10.1. The van der Waals surface area contributed by atoms with E-state index in [2.05, 4.69) is 33.9 Å². The molecule has 0 saturated carbocycles. The highest BCUT2D eigenvalue weighted by atomic mass is 16.5. The zero-order valence-corrected chi connectivity index (χ0v) is 15.9. The van der Waals surface area contributed by atoms with Gasteiger partial charge >= 0.3 is 0 Å². The normalized spacial score (nSPS) is 15.2. The Labute approximate surface area is 151 Å². The highest BCUT2D eigenvalue weighted by Crippen LogP contribution is 2.21. The zero-order chi connectivity index (χ0) is 18.1. The largest absolute Gasteiger partial charge is 0.379 e. The van der Waals surface area contributed by atoms with Crippen molar-refractivity contribution in [2.24, 2.45) is 0 Å². The van der Waals surface area contributed by atoms with Crippen LogP contribution in [0.2, 0.25) is 0 Å². The Kier molecular flexibility index (Phi) is 8.15. The fraction of sp³-hybridized carbons (Fsp3) is 0.684. The minimum absolute atomic E-state index is 0.109. The van der Waals surface area contributed by atoms with Gasteiger partial charge in [-0.25, -0.2) is 4.98 Å². The third-order valence-electron chi connectivity index (χ3n) is 4.46. The first-order chi connectivity index (χ1) is 12.2. The fourth-order valence-electron chi connectivity index (χ4n) is 3.09. The standard InChI is InChI=1S/C19H32N4O2/c1-4-7-23(8-5-2)16-14-17(21-19(15-16)20-3)18(24)6-9-22-10-12-25-13-11-22/h14-15H,4-13H2,1-3H3,(H,20,21). The Hall–Kier alpha value is -1.66. The predicted octanol–water partition coefficient (Wildman–Crippen LogP) is 2.65. The third kappa shape index (κ3) is 5.97. The highest BCUT2D eigenvalue weighted by molar-refractivity contribution is 5.95. The van der Waals surface area contributed by atoms with Crippen molar-refractivity contribution in [1.82, 2.24) is 9.88 Å². The number of anilines is 2. The number of hydrogen-bond acceptors (Lipinski definition) is 6. The summed E-state index contributed by atoms with van der Waals surface area (Å²) in [4.78, 5) is 21.8. The second-order valence-corrected chi connectivity index (χ2v) is 6.46. The van der Waals surface area contributed by atoms with E-state index >= 15 is 0 Å². The van der Waals surface area contributed by atoms with Crippen molar-refractivity contribution in [3.63, 3.8) is 0 Å². The van der Waals surface area contributed by atoms with Crippen LogP contribution in [0, 0.1) is 0 Å². The van der Waals surface area contributed by atoms with E-state index < -0.39 is 0 Å². The second kappa shape index (κ2) is 10.4. The van der Waals surface area contributed by atoms with E-state index in [4.69, 9.17) is 4.74 Å². The van der Waals surface area contributed by atoms with Crippen LogP contribution in [0.15, 0.2) is 12.1 Å². The summed E-state index contributed by atoms with van der Waals surface area (Å²) in [6.07, 6.45) is 2.66. The van der Waals surface area contributed by atoms with Gasteiger partial charge in [0.25, 0.3) is 0 Å². The van der Waals surface area contributed by atoms with Crippen molar-refractivity contribution in [2.45, 2.75) is 33.1 Å². The average Bonchev–Trinajstić information content (AvgIpc) is 2.66. The zero-order valence-electron chi connectivity index (χ0n) is 15.9. The van der Waals surface area contributed by atoms with Crippen molar-refractivity contribution in [3.8, 4) is 0 Å². The number of ether oxygens (including phenoxy) is 1. The highest BCUT2D eigenvalue weighted by Gasteiger charge is 2.16. The van der Waals surface area contributed by atoms with Gasteiger partial charge in [-0.1, -0.05) is 13.8 Å². The van der Waals surface area contributed by atoms with E-state index in [9.17, 15) is 4.79 Å². The number of rotatable bonds is 10. The number of pyridine rings is 1. The van der Waals surface area contributed by atoms with Crippen molar-refractivity contribution in [2.75, 3.05) is 63.2 Å². The van der Waals surface area contributed by atoms with Crippen LogP contribution in [0.25, 0.3) is 0 Å². The molecule has 2 rings (SSSR count). The van der Waals surface area contributed by atoms with Gasteiger partial charge in [0.2, 0.25) is 0 Å². The molecule has 6 nitrogen and oxygen atoms in total. The summed E-state index contributed by atoms with van der Waals surface area (Å²) in [6.45, 7) is 10.4. The maximum atomic E-state index is 12.7. The van der Waals surface area contributed by atoms with Crippen LogP contribution in [0.1, 0.15) is 43.6 Å². The molecule has 25 heavy (non-hydrogen) atoms. The average molecular weight is 348 g/mol. The lowest BCUT2D eigenvalue weighted by Crippen LogP contribution is -2.37. The van der Waals surface area contributed by atoms with Gasteiger partial charge in [-0.3, -0.25) is 9.69 Å². The van der Waals surface area contributed by atoms with Crippen LogP contribution in [0.4, 0.5) is 11.5 Å². The van der Waals surface area contributed by atoms with Crippen LogP contribution < -0.4 is 10.2 Å². The van der Waals surface area contributed by atoms with Gasteiger partial charge in [-0.05, 0) is 18.9 Å². The van der Waals surface area contributed by atoms with Gasteiger partial charge in [-0.15, -0.1) is 0 Å². The quantitative estimate of drug-likeness (QED) is 0.656. The molecule has 0 bridgehead atoms. The number of nitrogens with one attached hydrogen (secondary N) is 1. The van der Waals surface area contributed by atoms with Crippen molar-refractivity contribution in [3.05, 3.63) is 17.8 Å². The molecule has 0 atom stereocenters. The topological polar surface area (TPSA) is 57.7 Å². The Balaban J connectivity index is 2.09. The molecule has 0 unspecified atom stereocenters. The number of aromatic nitrogens is 1. The first-order valence-corrected chi connectivity index (χ1v) is 9.46. The summed E-state index contributed by atoms with van der Waals surface area (Å²) < 4.78 is 5.36. The molecule has 0 radical (unpaired) electrons. The molecule has 0 amide bonds. The summed E-state index contributed by atoms with van der Waals surface area (Å²) in [5, 5.41) is 3.09. The molecule has 0 spiro atoms. The van der Waals surface area contributed by atoms with Crippen molar-refractivity contribution in [1.29, 1.82) is 0 Å². The number of nitrogens with zero attached hydrogens (tertiary/aromatic N) is 3. The van der Waals surface area contributed by atoms with Crippen LogP contribution >= 0.6 is 0 Å². The van der Waals surface area contributed by atoms with E-state index in [1.54, 1.807) is 0 Å². The van der Waals surface area contributed by atoms with Gasteiger partial charge in [0.05, 0.1) is 13.2 Å². The van der Waals surface area contributed by atoms with Gasteiger partial charge in [0.15, 0.2) is 5.78 Å². The van der Waals surface area contributed by atoms with Gasteiger partial charge < -0.3 is 15.0 Å². The van der Waals surface area contributed by atoms with E-state index in [1.807, 2.05) is 19.2 Å². The molecular weight excluding hydrogens is 316 g/mol. The minimum Gasteiger partial charge on any atom is -0.379 e. The molecule has 0 aliphatic carbocycles. The molecule has 2 heterocycles. The predicted molar refractivity (Wildman–Crippen MR) is 103 cm³/mol. The van der Waals surface area contributed by atoms with Gasteiger partial charge in [0.1, 0.15) is 11.5 Å². The second-order valence-electron chi connectivity index (χ2n) is 6.46. The summed E-state index contributed by atoms with van der Waals surface area (Å²) in [5.41, 5.74) is 1.64. The molecule has 0 aromatic carbocycles. The smallest absolute Gasteiger partial charge is 0.182 e. The maximum absolute atomic E-state index is 12.7. The molecule has 1 aliphatic heterocycles. The van der Waals surface area contributed by atoms with Crippen LogP contribution in [-0.2, 0) is 4.74 Å². The molecule has 1 aromatic rings. The molecule has 1 aliphatic rings. The summed E-state index contributed by atoms with van der Waals surface area (Å²) >= 11 is 0. The van der Waals surface area contributed by atoms with Gasteiger partial charge in [0, 0.05) is 57.9 Å². The lowest BCUT2D eigenvalue weighted by molar-refractivity contribution is 0.0369. The summed E-state index contributed by atoms with van der Waals surface area (Å²) in [6, 6.07) is 3.98. The Bertz CT molecular complexity index is 538. The number of carbonyl (C=O) groups is 1. The van der Waals surface area contributed by atoms with E-state index in [1.165, 1.54) is 0 Å². The van der Waals surface area contributed by atoms with E-state index in [0.29, 0.717) is 12.1 Å². The first kappa shape index (κ1) is 19.7. The Morgan fingerprint density at radius 2 is 1.92 bits per heavy atom. The molecule has 1 aromatic heterocycles. The fourth-order valence-corrected chi connectivity index (χ4v) is 3.09. The van der Waals surface area contributed by atoms with Crippen LogP contribution in [0.5, 0.6) is 0 Å². The van der Waals surface area contributed by atoms with Crippen molar-refractivity contribution < 1.29 is 9.53 Å². The maximum Gasteiger partial charge on any atom is 0.182 e. The third-order valence-corrected chi connectivity index (χ3v) is 4.46.